The Morgan fingerprint density at radius 2 is 2.04 bits per heavy atom. The molecule has 5 heterocycles. The Labute approximate surface area is 264 Å². The summed E-state index contributed by atoms with van der Waals surface area (Å²) >= 11 is 1.58. The molecule has 0 spiro atoms. The van der Waals surface area contributed by atoms with E-state index in [-0.39, 0.29) is 24.4 Å². The molecule has 0 bridgehead atoms. The lowest BCUT2D eigenvalue weighted by atomic mass is 9.88. The van der Waals surface area contributed by atoms with Crippen LogP contribution in [-0.4, -0.2) is 65.2 Å². The van der Waals surface area contributed by atoms with Gasteiger partial charge < -0.3 is 24.8 Å². The maximum atomic E-state index is 14.9. The number of rotatable bonds is 9. The van der Waals surface area contributed by atoms with Gasteiger partial charge in [-0.15, -0.1) is 11.3 Å². The number of carbonyl (C=O) groups excluding carboxylic acids is 1. The fraction of sp³-hybridized carbons (Fsp3) is 0.324. The molecular formula is C34H34FN5O4S. The predicted molar refractivity (Wildman–Crippen MR) is 171 cm³/mol. The minimum Gasteiger partial charge on any atom is -0.494 e. The van der Waals surface area contributed by atoms with E-state index in [0.717, 1.165) is 38.2 Å². The predicted octanol–water partition coefficient (Wildman–Crippen LogP) is 5.43. The standard InChI is InChI=1S/C34H34FN5O4S/c1-4-29(41)39-17-24-15-27(38-40(24)16-20(39)2)32-30(26-13-23(35)14-28(26)44-11-10-42-3)33-25(9-12-45-33)31(37-32)21-5-7-22(8-6-21)34(36)18-43-19-34/h4-9,12-15,20,26H,1,10-11,16-19,36H2,2-3H3. The molecule has 2 aliphatic heterocycles. The van der Waals surface area contributed by atoms with Gasteiger partial charge in [0.15, 0.2) is 0 Å². The SMILES string of the molecule is C=CC(=O)N1Cc2cc(-c3nc(-c4ccc(C5(N)COC5)cc4)c4ccsc4c3C3C=C(F)C=C3OCCOC)nn2CC1C. The van der Waals surface area contributed by atoms with Crippen LogP contribution in [0.25, 0.3) is 32.7 Å². The van der Waals surface area contributed by atoms with Crippen LogP contribution < -0.4 is 5.73 Å². The van der Waals surface area contributed by atoms with Crippen LogP contribution in [0.4, 0.5) is 4.39 Å². The highest BCUT2D eigenvalue weighted by Gasteiger charge is 2.36. The van der Waals surface area contributed by atoms with Crippen LogP contribution in [0.2, 0.25) is 0 Å². The minimum atomic E-state index is -0.505. The number of halogens is 1. The number of thiophene rings is 1. The Morgan fingerprint density at radius 3 is 2.76 bits per heavy atom. The summed E-state index contributed by atoms with van der Waals surface area (Å²) in [5.41, 5.74) is 11.8. The summed E-state index contributed by atoms with van der Waals surface area (Å²) < 4.78 is 34.4. The van der Waals surface area contributed by atoms with Gasteiger partial charge in [-0.25, -0.2) is 9.37 Å². The first kappa shape index (κ1) is 29.5. The van der Waals surface area contributed by atoms with Gasteiger partial charge in [-0.1, -0.05) is 30.8 Å². The van der Waals surface area contributed by atoms with E-state index in [0.29, 0.717) is 50.1 Å². The molecule has 11 heteroatoms. The van der Waals surface area contributed by atoms with Gasteiger partial charge in [0.1, 0.15) is 23.9 Å². The van der Waals surface area contributed by atoms with Crippen LogP contribution in [-0.2, 0) is 37.6 Å². The zero-order chi connectivity index (χ0) is 31.3. The number of nitrogens with two attached hydrogens (primary N) is 1. The van der Waals surface area contributed by atoms with E-state index in [1.807, 2.05) is 47.3 Å². The first-order valence-electron chi connectivity index (χ1n) is 14.9. The van der Waals surface area contributed by atoms with Crippen molar-refractivity contribution in [1.29, 1.82) is 0 Å². The van der Waals surface area contributed by atoms with Crippen LogP contribution in [0, 0.1) is 0 Å². The quantitative estimate of drug-likeness (QED) is 0.195. The average Bonchev–Trinajstić information content (AvgIpc) is 3.77. The van der Waals surface area contributed by atoms with Crippen LogP contribution in [0.5, 0.6) is 0 Å². The lowest BCUT2D eigenvalue weighted by Gasteiger charge is -2.38. The van der Waals surface area contributed by atoms with E-state index in [2.05, 4.69) is 12.6 Å². The zero-order valence-electron chi connectivity index (χ0n) is 25.2. The molecule has 3 aromatic heterocycles. The summed E-state index contributed by atoms with van der Waals surface area (Å²) in [6.45, 7) is 8.25. The number of benzene rings is 1. The highest BCUT2D eigenvalue weighted by molar-refractivity contribution is 7.17. The van der Waals surface area contributed by atoms with Crippen LogP contribution in [0.15, 0.2) is 78.2 Å². The van der Waals surface area contributed by atoms with Crippen molar-refractivity contribution in [1.82, 2.24) is 19.7 Å². The molecule has 1 amide bonds. The molecule has 3 aliphatic rings. The summed E-state index contributed by atoms with van der Waals surface area (Å²) in [5.74, 6) is -0.497. The Hall–Kier alpha value is -4.16. The van der Waals surface area contributed by atoms with E-state index in [4.69, 9.17) is 30.0 Å². The molecule has 0 saturated carbocycles. The smallest absolute Gasteiger partial charge is 0.246 e. The van der Waals surface area contributed by atoms with Gasteiger partial charge in [-0.3, -0.25) is 9.48 Å². The fourth-order valence-electron chi connectivity index (χ4n) is 6.26. The van der Waals surface area contributed by atoms with Crippen molar-refractivity contribution in [2.45, 2.75) is 37.5 Å². The van der Waals surface area contributed by atoms with Crippen molar-refractivity contribution in [3.05, 3.63) is 95.0 Å². The molecule has 9 nitrogen and oxygen atoms in total. The molecule has 1 saturated heterocycles. The zero-order valence-corrected chi connectivity index (χ0v) is 26.0. The lowest BCUT2D eigenvalue weighted by Crippen LogP contribution is -2.54. The highest BCUT2D eigenvalue weighted by Crippen LogP contribution is 2.46. The number of hydrogen-bond acceptors (Lipinski definition) is 8. The number of carbonyl (C=O) groups is 1. The largest absolute Gasteiger partial charge is 0.494 e. The number of hydrogen-bond donors (Lipinski definition) is 1. The minimum absolute atomic E-state index is 0.0560. The van der Waals surface area contributed by atoms with Gasteiger partial charge in [0.05, 0.1) is 61.4 Å². The number of aromatic nitrogens is 3. The van der Waals surface area contributed by atoms with Crippen molar-refractivity contribution in [3.8, 4) is 22.6 Å². The fourth-order valence-corrected chi connectivity index (χ4v) is 7.24. The molecule has 2 N–H and O–H groups in total. The number of fused-ring (bicyclic) bond motifs is 2. The van der Waals surface area contributed by atoms with Crippen molar-refractivity contribution < 1.29 is 23.4 Å². The molecule has 7 rings (SSSR count). The van der Waals surface area contributed by atoms with E-state index in [1.54, 1.807) is 29.4 Å². The van der Waals surface area contributed by atoms with Crippen molar-refractivity contribution >= 4 is 27.3 Å². The van der Waals surface area contributed by atoms with E-state index in [1.165, 1.54) is 12.2 Å². The topological polar surface area (TPSA) is 105 Å². The van der Waals surface area contributed by atoms with Gasteiger partial charge >= 0.3 is 0 Å². The third-order valence-corrected chi connectivity index (χ3v) is 9.69. The average molecular weight is 628 g/mol. The Kier molecular flexibility index (Phi) is 7.65. The van der Waals surface area contributed by atoms with Gasteiger partial charge in [-0.05, 0) is 42.2 Å². The maximum Gasteiger partial charge on any atom is 0.246 e. The highest BCUT2D eigenvalue weighted by atomic mass is 32.1. The number of amides is 1. The first-order valence-corrected chi connectivity index (χ1v) is 15.8. The van der Waals surface area contributed by atoms with E-state index < -0.39 is 11.5 Å². The normalized spacial score (nSPS) is 20.4. The number of allylic oxidation sites excluding steroid dienone is 3. The van der Waals surface area contributed by atoms with Gasteiger partial charge in [0.2, 0.25) is 5.91 Å². The maximum absolute atomic E-state index is 14.9. The lowest BCUT2D eigenvalue weighted by molar-refractivity contribution is -0.129. The number of methoxy groups -OCH3 is 1. The second-order valence-corrected chi connectivity index (χ2v) is 12.7. The van der Waals surface area contributed by atoms with Gasteiger partial charge in [0.25, 0.3) is 0 Å². The van der Waals surface area contributed by atoms with Crippen LogP contribution in [0.3, 0.4) is 0 Å². The molecule has 232 valence electrons. The third kappa shape index (κ3) is 5.19. The molecular weight excluding hydrogens is 593 g/mol. The molecule has 1 aliphatic carbocycles. The second kappa shape index (κ2) is 11.6. The molecule has 2 atom stereocenters. The molecule has 2 unspecified atom stereocenters. The Morgan fingerprint density at radius 1 is 1.24 bits per heavy atom. The van der Waals surface area contributed by atoms with Crippen LogP contribution in [0.1, 0.15) is 29.7 Å². The van der Waals surface area contributed by atoms with Crippen molar-refractivity contribution in [2.24, 2.45) is 5.73 Å². The summed E-state index contributed by atoms with van der Waals surface area (Å²) in [5, 5.41) is 7.99. The van der Waals surface area contributed by atoms with Crippen LogP contribution >= 0.6 is 11.3 Å². The Bertz CT molecular complexity index is 1860. The third-order valence-electron chi connectivity index (χ3n) is 8.74. The molecule has 4 aromatic rings. The second-order valence-electron chi connectivity index (χ2n) is 11.8. The first-order chi connectivity index (χ1) is 21.8. The van der Waals surface area contributed by atoms with E-state index >= 15 is 0 Å². The number of pyridine rings is 1. The molecule has 1 aromatic carbocycles. The Balaban J connectivity index is 1.38. The molecule has 1 fully saturated rings. The van der Waals surface area contributed by atoms with Crippen molar-refractivity contribution in [3.63, 3.8) is 0 Å². The summed E-state index contributed by atoms with van der Waals surface area (Å²) in [7, 11) is 1.60. The number of ether oxygens (including phenoxy) is 3. The molecule has 0 radical (unpaired) electrons. The summed E-state index contributed by atoms with van der Waals surface area (Å²) in [4.78, 5) is 19.7. The molecule has 45 heavy (non-hydrogen) atoms. The van der Waals surface area contributed by atoms with Crippen molar-refractivity contribution in [2.75, 3.05) is 33.5 Å². The monoisotopic (exact) mass is 627 g/mol. The van der Waals surface area contributed by atoms with E-state index in [9.17, 15) is 9.18 Å². The summed E-state index contributed by atoms with van der Waals surface area (Å²) in [6.07, 6.45) is 4.34. The van der Waals surface area contributed by atoms with Gasteiger partial charge in [0, 0.05) is 40.4 Å². The van der Waals surface area contributed by atoms with Gasteiger partial charge in [-0.2, -0.15) is 5.10 Å². The number of nitrogens with zero attached hydrogens (tertiary/aromatic N) is 4. The summed E-state index contributed by atoms with van der Waals surface area (Å²) in [6, 6.07) is 12.1.